The van der Waals surface area contributed by atoms with E-state index in [1.54, 1.807) is 31.5 Å². The number of carboxylic acid groups (broad SMARTS) is 2. The zero-order valence-corrected chi connectivity index (χ0v) is 24.4. The molecule has 6 N–H and O–H groups in total. The van der Waals surface area contributed by atoms with Crippen LogP contribution >= 0.6 is 11.6 Å². The van der Waals surface area contributed by atoms with Crippen molar-refractivity contribution in [3.8, 4) is 0 Å². The van der Waals surface area contributed by atoms with Gasteiger partial charge in [0.25, 0.3) is 0 Å². The summed E-state index contributed by atoms with van der Waals surface area (Å²) in [4.78, 5) is 50.1. The van der Waals surface area contributed by atoms with Crippen molar-refractivity contribution in [3.63, 3.8) is 0 Å². The molecule has 252 valence electrons. The number of carboxylic acids is 2. The second kappa shape index (κ2) is 16.2. The Morgan fingerprint density at radius 2 is 1.65 bits per heavy atom. The van der Waals surface area contributed by atoms with Gasteiger partial charge in [-0.15, -0.1) is 0 Å². The average molecular weight is 686 g/mol. The number of carbonyl (C=O) groups is 4. The summed E-state index contributed by atoms with van der Waals surface area (Å²) in [7, 11) is 0. The Labute approximate surface area is 260 Å². The van der Waals surface area contributed by atoms with E-state index in [2.05, 4.69) is 25.9 Å². The summed E-state index contributed by atoms with van der Waals surface area (Å²) in [5.41, 5.74) is 2.75. The number of rotatable bonds is 7. The molecule has 11 nitrogen and oxygen atoms in total. The SMILES string of the molecule is CC(NC(=O)[C@H]1C[C@H](Cc2ccc(F)c(Cl)c2)CN1)C(=O)NCc1cc2cnccc2[nH]1.O=C(O)C(F)(F)F.O=C(O)C(F)(F)F. The molecule has 3 heterocycles. The van der Waals surface area contributed by atoms with Gasteiger partial charge in [0.1, 0.15) is 11.9 Å². The Balaban J connectivity index is 0.000000440. The quantitative estimate of drug-likeness (QED) is 0.203. The number of H-pyrrole nitrogens is 1. The van der Waals surface area contributed by atoms with Crippen molar-refractivity contribution in [1.82, 2.24) is 25.9 Å². The molecule has 0 spiro atoms. The van der Waals surface area contributed by atoms with Crippen molar-refractivity contribution in [3.05, 3.63) is 64.8 Å². The third-order valence-corrected chi connectivity index (χ3v) is 6.50. The van der Waals surface area contributed by atoms with Gasteiger partial charge >= 0.3 is 24.3 Å². The minimum atomic E-state index is -5.08. The van der Waals surface area contributed by atoms with E-state index in [1.807, 2.05) is 12.1 Å². The molecule has 1 aromatic carbocycles. The molecule has 19 heteroatoms. The molecule has 0 aliphatic carbocycles. The lowest BCUT2D eigenvalue weighted by atomic mass is 9.96. The number of carbonyl (C=O) groups excluding carboxylic acids is 2. The van der Waals surface area contributed by atoms with Gasteiger partial charge in [0, 0.05) is 29.0 Å². The molecule has 4 rings (SSSR count). The fourth-order valence-corrected chi connectivity index (χ4v) is 4.21. The lowest BCUT2D eigenvalue weighted by Crippen LogP contribution is -2.49. The Hall–Kier alpha value is -4.45. The number of benzene rings is 1. The first-order valence-electron chi connectivity index (χ1n) is 13.0. The van der Waals surface area contributed by atoms with E-state index in [0.29, 0.717) is 25.9 Å². The van der Waals surface area contributed by atoms with Gasteiger partial charge in [-0.25, -0.2) is 14.0 Å². The van der Waals surface area contributed by atoms with Crippen LogP contribution in [0.4, 0.5) is 30.7 Å². The highest BCUT2D eigenvalue weighted by Crippen LogP contribution is 2.23. The van der Waals surface area contributed by atoms with E-state index in [0.717, 1.165) is 22.2 Å². The zero-order chi connectivity index (χ0) is 34.8. The molecule has 1 unspecified atom stereocenters. The van der Waals surface area contributed by atoms with Crippen molar-refractivity contribution in [2.75, 3.05) is 6.54 Å². The van der Waals surface area contributed by atoms with Crippen LogP contribution in [0.2, 0.25) is 5.02 Å². The van der Waals surface area contributed by atoms with Gasteiger partial charge in [-0.3, -0.25) is 14.6 Å². The summed E-state index contributed by atoms with van der Waals surface area (Å²) in [6.45, 7) is 2.66. The largest absolute Gasteiger partial charge is 0.490 e. The van der Waals surface area contributed by atoms with Gasteiger partial charge < -0.3 is 31.1 Å². The van der Waals surface area contributed by atoms with E-state index >= 15 is 0 Å². The van der Waals surface area contributed by atoms with Crippen LogP contribution in [0.15, 0.2) is 42.7 Å². The smallest absolute Gasteiger partial charge is 0.475 e. The molecular formula is C27H27ClF7N5O6. The number of hydrogen-bond acceptors (Lipinski definition) is 6. The van der Waals surface area contributed by atoms with Gasteiger partial charge in [-0.05, 0) is 62.1 Å². The highest BCUT2D eigenvalue weighted by Gasteiger charge is 2.39. The predicted molar refractivity (Wildman–Crippen MR) is 148 cm³/mol. The molecular weight excluding hydrogens is 659 g/mol. The number of aliphatic carboxylic acids is 2. The molecule has 1 saturated heterocycles. The summed E-state index contributed by atoms with van der Waals surface area (Å²) in [5.74, 6) is -6.19. The van der Waals surface area contributed by atoms with Crippen LogP contribution in [-0.4, -0.2) is 74.9 Å². The topological polar surface area (TPSA) is 174 Å². The number of aromatic nitrogens is 2. The molecule has 3 aromatic rings. The van der Waals surface area contributed by atoms with Gasteiger partial charge in [0.15, 0.2) is 0 Å². The molecule has 1 aliphatic rings. The van der Waals surface area contributed by atoms with Crippen LogP contribution in [0.5, 0.6) is 0 Å². The molecule has 0 radical (unpaired) electrons. The van der Waals surface area contributed by atoms with Crippen LogP contribution in [0.3, 0.4) is 0 Å². The number of aromatic amines is 1. The summed E-state index contributed by atoms with van der Waals surface area (Å²) >= 11 is 5.85. The van der Waals surface area contributed by atoms with E-state index in [9.17, 15) is 40.3 Å². The minimum absolute atomic E-state index is 0.103. The van der Waals surface area contributed by atoms with Gasteiger partial charge in [0.05, 0.1) is 17.6 Å². The second-order valence-electron chi connectivity index (χ2n) is 9.83. The highest BCUT2D eigenvalue weighted by molar-refractivity contribution is 6.30. The van der Waals surface area contributed by atoms with Crippen molar-refractivity contribution >= 4 is 46.3 Å². The standard InChI is InChI=1S/C23H25ClFN5O2.2C2HF3O2/c1-13(22(31)28-12-17-9-16-11-26-5-4-20(16)30-17)29-23(32)21-8-15(10-27-21)6-14-2-3-19(25)18(24)7-14;2*3-2(4,5)1(6)7/h2-5,7,9,11,13,15,21,27,30H,6,8,10,12H2,1H3,(H,28,31)(H,29,32);2*(H,6,7)/t13?,15-,21+;;/m0../s1. The number of amides is 2. The lowest BCUT2D eigenvalue weighted by molar-refractivity contribution is -0.193. The van der Waals surface area contributed by atoms with E-state index in [4.69, 9.17) is 31.4 Å². The Bertz CT molecular complexity index is 1480. The Morgan fingerprint density at radius 1 is 1.04 bits per heavy atom. The predicted octanol–water partition coefficient (Wildman–Crippen LogP) is 3.96. The van der Waals surface area contributed by atoms with Gasteiger partial charge in [-0.1, -0.05) is 17.7 Å². The maximum Gasteiger partial charge on any atom is 0.490 e. The average Bonchev–Trinajstić information content (AvgIpc) is 3.60. The fraction of sp³-hybridized carbons (Fsp3) is 0.370. The number of pyridine rings is 1. The van der Waals surface area contributed by atoms with Crippen LogP contribution in [0.1, 0.15) is 24.6 Å². The molecule has 46 heavy (non-hydrogen) atoms. The number of alkyl halides is 6. The zero-order valence-electron chi connectivity index (χ0n) is 23.6. The molecule has 0 bridgehead atoms. The summed E-state index contributed by atoms with van der Waals surface area (Å²) in [6, 6.07) is 7.47. The van der Waals surface area contributed by atoms with Crippen LogP contribution in [-0.2, 0) is 32.1 Å². The monoisotopic (exact) mass is 685 g/mol. The van der Waals surface area contributed by atoms with E-state index in [1.165, 1.54) is 6.07 Å². The second-order valence-corrected chi connectivity index (χ2v) is 10.2. The van der Waals surface area contributed by atoms with Crippen LogP contribution < -0.4 is 16.0 Å². The maximum absolute atomic E-state index is 13.3. The third-order valence-electron chi connectivity index (χ3n) is 6.21. The molecule has 0 saturated carbocycles. The van der Waals surface area contributed by atoms with Crippen molar-refractivity contribution < 1.29 is 60.1 Å². The lowest BCUT2D eigenvalue weighted by Gasteiger charge is -2.17. The summed E-state index contributed by atoms with van der Waals surface area (Å²) < 4.78 is 76.8. The number of hydrogen-bond donors (Lipinski definition) is 6. The first-order valence-corrected chi connectivity index (χ1v) is 13.4. The van der Waals surface area contributed by atoms with Crippen molar-refractivity contribution in [1.29, 1.82) is 0 Å². The summed E-state index contributed by atoms with van der Waals surface area (Å²) in [6.07, 6.45) is -5.37. The third kappa shape index (κ3) is 12.2. The minimum Gasteiger partial charge on any atom is -0.475 e. The first kappa shape index (κ1) is 37.7. The number of nitrogens with one attached hydrogen (secondary N) is 4. The Kier molecular flexibility index (Phi) is 13.3. The molecule has 3 atom stereocenters. The van der Waals surface area contributed by atoms with Crippen molar-refractivity contribution in [2.24, 2.45) is 5.92 Å². The summed E-state index contributed by atoms with van der Waals surface area (Å²) in [5, 5.41) is 24.2. The molecule has 1 aliphatic heterocycles. The number of halogens is 8. The van der Waals surface area contributed by atoms with Crippen molar-refractivity contribution in [2.45, 2.75) is 50.7 Å². The number of fused-ring (bicyclic) bond motifs is 1. The van der Waals surface area contributed by atoms with E-state index < -0.39 is 36.2 Å². The normalized spacial score (nSPS) is 16.7. The van der Waals surface area contributed by atoms with Gasteiger partial charge in [0.2, 0.25) is 11.8 Å². The molecule has 1 fully saturated rings. The fourth-order valence-electron chi connectivity index (χ4n) is 4.01. The van der Waals surface area contributed by atoms with Gasteiger partial charge in [-0.2, -0.15) is 26.3 Å². The molecule has 2 amide bonds. The van der Waals surface area contributed by atoms with Crippen LogP contribution in [0, 0.1) is 11.7 Å². The van der Waals surface area contributed by atoms with Crippen LogP contribution in [0.25, 0.3) is 10.9 Å². The number of nitrogens with zero attached hydrogens (tertiary/aromatic N) is 1. The highest BCUT2D eigenvalue weighted by atomic mass is 35.5. The maximum atomic E-state index is 13.3. The molecule has 2 aromatic heterocycles. The van der Waals surface area contributed by atoms with E-state index in [-0.39, 0.29) is 28.8 Å². The Morgan fingerprint density at radius 3 is 2.20 bits per heavy atom. The first-order chi connectivity index (χ1) is 21.3.